The summed E-state index contributed by atoms with van der Waals surface area (Å²) in [6.07, 6.45) is 0.484. The van der Waals surface area contributed by atoms with E-state index in [0.717, 1.165) is 18.2 Å². The fraction of sp³-hybridized carbons (Fsp3) is 0.417. The van der Waals surface area contributed by atoms with E-state index in [9.17, 15) is 4.79 Å². The second-order valence-electron chi connectivity index (χ2n) is 8.31. The van der Waals surface area contributed by atoms with Crippen molar-refractivity contribution in [2.24, 2.45) is 4.99 Å². The van der Waals surface area contributed by atoms with E-state index >= 15 is 0 Å². The van der Waals surface area contributed by atoms with Gasteiger partial charge in [-0.2, -0.15) is 0 Å². The molecule has 0 radical (unpaired) electrons. The molecule has 1 amide bonds. The molecule has 1 aliphatic heterocycles. The molecule has 0 saturated carbocycles. The Balaban J connectivity index is 0.00000320. The zero-order valence-corrected chi connectivity index (χ0v) is 20.6. The number of rotatable bonds is 6. The Morgan fingerprint density at radius 1 is 1.13 bits per heavy atom. The van der Waals surface area contributed by atoms with Crippen LogP contribution in [0.25, 0.3) is 0 Å². The van der Waals surface area contributed by atoms with E-state index < -0.39 is 0 Å². The Kier molecular flexibility index (Phi) is 8.70. The number of halogens is 1. The largest absolute Gasteiger partial charge is 0.357 e. The molecule has 5 nitrogen and oxygen atoms in total. The van der Waals surface area contributed by atoms with Crippen LogP contribution in [-0.2, 0) is 10.2 Å². The minimum atomic E-state index is -0.0645. The Morgan fingerprint density at radius 3 is 2.57 bits per heavy atom. The molecule has 2 aromatic rings. The first kappa shape index (κ1) is 24.2. The number of aliphatic imine (C=N–C) groups is 1. The summed E-state index contributed by atoms with van der Waals surface area (Å²) in [6.45, 7) is 10.8. The lowest BCUT2D eigenvalue weighted by atomic mass is 9.82. The maximum Gasteiger partial charge on any atom is 0.225 e. The molecule has 1 unspecified atom stereocenters. The van der Waals surface area contributed by atoms with Gasteiger partial charge in [-0.1, -0.05) is 56.3 Å². The number of nitrogens with zero attached hydrogens (tertiary/aromatic N) is 1. The average Bonchev–Trinajstić information content (AvgIpc) is 2.70. The number of guanidine groups is 1. The van der Waals surface area contributed by atoms with E-state index in [-0.39, 0.29) is 41.2 Å². The smallest absolute Gasteiger partial charge is 0.225 e. The van der Waals surface area contributed by atoms with Crippen molar-refractivity contribution in [1.29, 1.82) is 0 Å². The van der Waals surface area contributed by atoms with Gasteiger partial charge in [0.2, 0.25) is 5.91 Å². The van der Waals surface area contributed by atoms with Gasteiger partial charge in [0.1, 0.15) is 0 Å². The van der Waals surface area contributed by atoms with Crippen molar-refractivity contribution in [2.75, 3.05) is 25.0 Å². The zero-order valence-electron chi connectivity index (χ0n) is 18.3. The van der Waals surface area contributed by atoms with Gasteiger partial charge in [0.15, 0.2) is 5.96 Å². The van der Waals surface area contributed by atoms with Crippen LogP contribution < -0.4 is 16.0 Å². The molecule has 0 bridgehead atoms. The van der Waals surface area contributed by atoms with Gasteiger partial charge in [0, 0.05) is 36.5 Å². The van der Waals surface area contributed by atoms with Crippen LogP contribution in [0.3, 0.4) is 0 Å². The molecule has 6 heteroatoms. The number of aryl methyl sites for hydroxylation is 1. The number of carbonyl (C=O) groups is 1. The molecule has 1 aliphatic rings. The van der Waals surface area contributed by atoms with Crippen LogP contribution in [0.1, 0.15) is 49.8 Å². The standard InChI is InChI=1S/C24H32N4O.HI/c1-5-25-23(27-16-24(3,4)20-12-8-6-10-17(20)2)26-15-18-14-22(29)28-21-13-9-7-11-19(18)21;/h6-13,18H,5,14-16H2,1-4H3,(H,28,29)(H2,25,26,27);1H. The predicted molar refractivity (Wildman–Crippen MR) is 136 cm³/mol. The lowest BCUT2D eigenvalue weighted by Gasteiger charge is -2.27. The average molecular weight is 520 g/mol. The minimum Gasteiger partial charge on any atom is -0.357 e. The molecule has 0 aliphatic carbocycles. The Labute approximate surface area is 197 Å². The van der Waals surface area contributed by atoms with Crippen molar-refractivity contribution in [3.8, 4) is 0 Å². The summed E-state index contributed by atoms with van der Waals surface area (Å²) in [7, 11) is 0. The van der Waals surface area contributed by atoms with Gasteiger partial charge in [-0.15, -0.1) is 24.0 Å². The van der Waals surface area contributed by atoms with Gasteiger partial charge >= 0.3 is 0 Å². The van der Waals surface area contributed by atoms with E-state index in [0.29, 0.717) is 19.5 Å². The highest BCUT2D eigenvalue weighted by Crippen LogP contribution is 2.31. The summed E-state index contributed by atoms with van der Waals surface area (Å²) in [4.78, 5) is 16.9. The molecule has 162 valence electrons. The quantitative estimate of drug-likeness (QED) is 0.297. The molecule has 30 heavy (non-hydrogen) atoms. The van der Waals surface area contributed by atoms with Crippen molar-refractivity contribution < 1.29 is 4.79 Å². The van der Waals surface area contributed by atoms with Gasteiger partial charge in [-0.3, -0.25) is 9.79 Å². The first-order chi connectivity index (χ1) is 13.9. The Bertz CT molecular complexity index is 894. The van der Waals surface area contributed by atoms with Crippen LogP contribution in [0, 0.1) is 6.92 Å². The maximum atomic E-state index is 12.1. The third-order valence-electron chi connectivity index (χ3n) is 5.47. The van der Waals surface area contributed by atoms with E-state index in [1.807, 2.05) is 18.2 Å². The lowest BCUT2D eigenvalue weighted by Crippen LogP contribution is -2.41. The van der Waals surface area contributed by atoms with E-state index in [1.165, 1.54) is 16.7 Å². The van der Waals surface area contributed by atoms with Gasteiger partial charge in [-0.25, -0.2) is 0 Å². The molecule has 1 heterocycles. The number of para-hydroxylation sites is 1. The highest BCUT2D eigenvalue weighted by molar-refractivity contribution is 14.0. The first-order valence-corrected chi connectivity index (χ1v) is 10.4. The van der Waals surface area contributed by atoms with Crippen LogP contribution in [0.2, 0.25) is 0 Å². The van der Waals surface area contributed by atoms with E-state index in [2.05, 4.69) is 74.0 Å². The van der Waals surface area contributed by atoms with Gasteiger partial charge < -0.3 is 16.0 Å². The second-order valence-corrected chi connectivity index (χ2v) is 8.31. The fourth-order valence-electron chi connectivity index (χ4n) is 3.94. The number of nitrogens with one attached hydrogen (secondary N) is 3. The maximum absolute atomic E-state index is 12.1. The number of anilines is 1. The molecule has 0 spiro atoms. The molecule has 0 fully saturated rings. The molecular formula is C24H33IN4O. The number of benzene rings is 2. The normalized spacial score (nSPS) is 16.2. The lowest BCUT2D eigenvalue weighted by molar-refractivity contribution is -0.116. The summed E-state index contributed by atoms with van der Waals surface area (Å²) in [5, 5.41) is 9.74. The minimum absolute atomic E-state index is 0. The van der Waals surface area contributed by atoms with Crippen molar-refractivity contribution in [3.05, 3.63) is 65.2 Å². The number of fused-ring (bicyclic) bond motifs is 1. The summed E-state index contributed by atoms with van der Waals surface area (Å²) in [5.41, 5.74) is 4.63. The van der Waals surface area contributed by atoms with Gasteiger partial charge in [-0.05, 0) is 36.6 Å². The van der Waals surface area contributed by atoms with Crippen LogP contribution in [0.5, 0.6) is 0 Å². The number of hydrogen-bond donors (Lipinski definition) is 3. The van der Waals surface area contributed by atoms with Crippen LogP contribution >= 0.6 is 24.0 Å². The molecular weight excluding hydrogens is 487 g/mol. The van der Waals surface area contributed by atoms with Crippen molar-refractivity contribution >= 4 is 41.5 Å². The molecule has 0 aromatic heterocycles. The fourth-order valence-corrected chi connectivity index (χ4v) is 3.94. The summed E-state index contributed by atoms with van der Waals surface area (Å²) in [6, 6.07) is 16.5. The van der Waals surface area contributed by atoms with Gasteiger partial charge in [0.25, 0.3) is 0 Å². The third kappa shape index (κ3) is 5.97. The number of amides is 1. The van der Waals surface area contributed by atoms with Crippen molar-refractivity contribution in [3.63, 3.8) is 0 Å². The second kappa shape index (κ2) is 10.8. The first-order valence-electron chi connectivity index (χ1n) is 10.4. The van der Waals surface area contributed by atoms with Crippen LogP contribution in [0.15, 0.2) is 53.5 Å². The highest BCUT2D eigenvalue weighted by atomic mass is 127. The summed E-state index contributed by atoms with van der Waals surface area (Å²) < 4.78 is 0. The molecule has 3 rings (SSSR count). The monoisotopic (exact) mass is 520 g/mol. The molecule has 3 N–H and O–H groups in total. The van der Waals surface area contributed by atoms with Crippen molar-refractivity contribution in [1.82, 2.24) is 10.6 Å². The Hall–Kier alpha value is -2.09. The molecule has 2 aromatic carbocycles. The molecule has 1 atom stereocenters. The summed E-state index contributed by atoms with van der Waals surface area (Å²) >= 11 is 0. The highest BCUT2D eigenvalue weighted by Gasteiger charge is 2.25. The number of carbonyl (C=O) groups excluding carboxylic acids is 1. The van der Waals surface area contributed by atoms with Crippen LogP contribution in [0.4, 0.5) is 5.69 Å². The van der Waals surface area contributed by atoms with Gasteiger partial charge in [0.05, 0.1) is 6.54 Å². The van der Waals surface area contributed by atoms with E-state index in [1.54, 1.807) is 0 Å². The predicted octanol–water partition coefficient (Wildman–Crippen LogP) is 4.57. The topological polar surface area (TPSA) is 65.5 Å². The third-order valence-corrected chi connectivity index (χ3v) is 5.47. The van der Waals surface area contributed by atoms with Crippen molar-refractivity contribution in [2.45, 2.75) is 45.4 Å². The summed E-state index contributed by atoms with van der Waals surface area (Å²) in [5.74, 6) is 0.990. The SMILES string of the molecule is CCNC(=NCC(C)(C)c1ccccc1C)NCC1CC(=O)Nc2ccccc21.I. The molecule has 0 saturated heterocycles. The number of hydrogen-bond acceptors (Lipinski definition) is 2. The zero-order chi connectivity index (χ0) is 20.9. The Morgan fingerprint density at radius 2 is 1.83 bits per heavy atom. The van der Waals surface area contributed by atoms with Crippen LogP contribution in [-0.4, -0.2) is 31.5 Å². The van der Waals surface area contributed by atoms with E-state index in [4.69, 9.17) is 4.99 Å².